The number of aromatic amines is 1. The third kappa shape index (κ3) is 0.849. The minimum atomic E-state index is -1.05. The number of hydrogen-bond acceptors (Lipinski definition) is 3. The van der Waals surface area contributed by atoms with Crippen molar-refractivity contribution in [2.45, 2.75) is 6.42 Å². The highest BCUT2D eigenvalue weighted by Gasteiger charge is 2.20. The molecule has 11 heavy (non-hydrogen) atoms. The number of carboxylic acid groups (broad SMARTS) is 1. The van der Waals surface area contributed by atoms with Crippen LogP contribution in [0.15, 0.2) is 0 Å². The molecule has 0 unspecified atom stereocenters. The molecular weight excluding hydrogens is 148 g/mol. The number of imidazole rings is 1. The van der Waals surface area contributed by atoms with Crippen LogP contribution in [0.1, 0.15) is 16.3 Å². The van der Waals surface area contributed by atoms with Crippen molar-refractivity contribution < 1.29 is 14.6 Å². The summed E-state index contributed by atoms with van der Waals surface area (Å²) >= 11 is 0. The molecule has 0 radical (unpaired) electrons. The summed E-state index contributed by atoms with van der Waals surface area (Å²) in [6.07, 6.45) is 0.718. The van der Waals surface area contributed by atoms with Crippen LogP contribution in [-0.2, 0) is 6.42 Å². The van der Waals surface area contributed by atoms with Crippen molar-refractivity contribution in [2.24, 2.45) is 0 Å². The summed E-state index contributed by atoms with van der Waals surface area (Å²) in [5.74, 6) is -0.667. The third-order valence-corrected chi connectivity index (χ3v) is 1.53. The molecule has 0 fully saturated rings. The number of carbonyl (C=O) groups is 1. The lowest BCUT2D eigenvalue weighted by Gasteiger charge is -1.88. The zero-order valence-electron chi connectivity index (χ0n) is 5.63. The Morgan fingerprint density at radius 2 is 2.55 bits per heavy atom. The number of carboxylic acids is 1. The third-order valence-electron chi connectivity index (χ3n) is 1.53. The van der Waals surface area contributed by atoms with Gasteiger partial charge in [0.15, 0.2) is 0 Å². The van der Waals surface area contributed by atoms with E-state index in [0.717, 1.165) is 12.1 Å². The van der Waals surface area contributed by atoms with Gasteiger partial charge in [-0.1, -0.05) is 0 Å². The van der Waals surface area contributed by atoms with Crippen LogP contribution in [0.25, 0.3) is 0 Å². The second-order valence-electron chi connectivity index (χ2n) is 2.27. The Morgan fingerprint density at radius 3 is 3.18 bits per heavy atom. The van der Waals surface area contributed by atoms with Crippen molar-refractivity contribution in [1.29, 1.82) is 0 Å². The topological polar surface area (TPSA) is 75.2 Å². The van der Waals surface area contributed by atoms with Gasteiger partial charge in [-0.15, -0.1) is 0 Å². The molecule has 0 aliphatic carbocycles. The number of rotatable bonds is 1. The fourth-order valence-corrected chi connectivity index (χ4v) is 1.03. The first-order valence-electron chi connectivity index (χ1n) is 3.22. The zero-order valence-corrected chi connectivity index (χ0v) is 5.63. The largest absolute Gasteiger partial charge is 0.476 e. The van der Waals surface area contributed by atoms with Gasteiger partial charge in [-0.05, 0) is 0 Å². The molecule has 2 heterocycles. The summed E-state index contributed by atoms with van der Waals surface area (Å²) < 4.78 is 5.02. The van der Waals surface area contributed by atoms with E-state index in [4.69, 9.17) is 9.84 Å². The van der Waals surface area contributed by atoms with Crippen LogP contribution in [0.2, 0.25) is 0 Å². The van der Waals surface area contributed by atoms with Gasteiger partial charge >= 0.3 is 5.97 Å². The van der Waals surface area contributed by atoms with Gasteiger partial charge < -0.3 is 14.8 Å². The Bertz CT molecular complexity index is 283. The van der Waals surface area contributed by atoms with Crippen LogP contribution in [-0.4, -0.2) is 27.7 Å². The number of aromatic nitrogens is 2. The first-order chi connectivity index (χ1) is 5.27. The maximum atomic E-state index is 10.4. The minimum Gasteiger partial charge on any atom is -0.476 e. The Hall–Kier alpha value is -1.52. The molecule has 5 heteroatoms. The Kier molecular flexibility index (Phi) is 1.12. The average molecular weight is 154 g/mol. The van der Waals surface area contributed by atoms with E-state index in [1.54, 1.807) is 0 Å². The van der Waals surface area contributed by atoms with E-state index in [1.807, 2.05) is 0 Å². The molecule has 0 saturated carbocycles. The van der Waals surface area contributed by atoms with Crippen LogP contribution < -0.4 is 4.74 Å². The van der Waals surface area contributed by atoms with Crippen LogP contribution >= 0.6 is 0 Å². The van der Waals surface area contributed by atoms with Crippen LogP contribution in [0, 0.1) is 0 Å². The fraction of sp³-hybridized carbons (Fsp3) is 0.333. The lowest BCUT2D eigenvalue weighted by atomic mass is 10.4. The lowest BCUT2D eigenvalue weighted by Crippen LogP contribution is -2.01. The summed E-state index contributed by atoms with van der Waals surface area (Å²) in [6, 6.07) is 0. The standard InChI is InChI=1S/C6H6N2O3/c9-6(10)4-7-3-1-2-11-5(3)8-4/h1-2H2,(H,7,8)(H,9,10). The SMILES string of the molecule is O=C(O)c1nc2c([nH]1)CCO2. The van der Waals surface area contributed by atoms with Crippen molar-refractivity contribution in [3.05, 3.63) is 11.5 Å². The molecule has 0 amide bonds. The first-order valence-corrected chi connectivity index (χ1v) is 3.22. The number of H-pyrrole nitrogens is 1. The second kappa shape index (κ2) is 1.98. The van der Waals surface area contributed by atoms with Gasteiger partial charge in [0.25, 0.3) is 0 Å². The van der Waals surface area contributed by atoms with E-state index >= 15 is 0 Å². The number of nitrogens with one attached hydrogen (secondary N) is 1. The van der Waals surface area contributed by atoms with E-state index in [1.165, 1.54) is 0 Å². The molecule has 58 valence electrons. The molecule has 1 aromatic rings. The van der Waals surface area contributed by atoms with Crippen LogP contribution in [0.5, 0.6) is 5.88 Å². The number of nitrogens with zero attached hydrogens (tertiary/aromatic N) is 1. The highest BCUT2D eigenvalue weighted by Crippen LogP contribution is 2.21. The molecule has 1 aliphatic heterocycles. The Labute approximate surface area is 62.0 Å². The van der Waals surface area contributed by atoms with Crippen LogP contribution in [0.4, 0.5) is 0 Å². The van der Waals surface area contributed by atoms with Gasteiger partial charge in [0.05, 0.1) is 12.3 Å². The maximum Gasteiger partial charge on any atom is 0.372 e. The summed E-state index contributed by atoms with van der Waals surface area (Å²) in [5, 5.41) is 8.49. The van der Waals surface area contributed by atoms with Gasteiger partial charge in [0, 0.05) is 6.42 Å². The van der Waals surface area contributed by atoms with Crippen molar-refractivity contribution in [3.63, 3.8) is 0 Å². The smallest absolute Gasteiger partial charge is 0.372 e. The highest BCUT2D eigenvalue weighted by atomic mass is 16.5. The predicted molar refractivity (Wildman–Crippen MR) is 34.7 cm³/mol. The number of fused-ring (bicyclic) bond motifs is 1. The van der Waals surface area contributed by atoms with Crippen molar-refractivity contribution in [1.82, 2.24) is 9.97 Å². The summed E-state index contributed by atoms with van der Waals surface area (Å²) in [4.78, 5) is 16.7. The molecule has 2 N–H and O–H groups in total. The first kappa shape index (κ1) is 6.21. The van der Waals surface area contributed by atoms with Gasteiger partial charge in [-0.25, -0.2) is 4.79 Å². The molecule has 1 aliphatic rings. The molecule has 0 aromatic carbocycles. The molecule has 1 aromatic heterocycles. The minimum absolute atomic E-state index is 0.0466. The van der Waals surface area contributed by atoms with Gasteiger partial charge in [-0.3, -0.25) is 0 Å². The van der Waals surface area contributed by atoms with Crippen LogP contribution in [0.3, 0.4) is 0 Å². The summed E-state index contributed by atoms with van der Waals surface area (Å²) in [6.45, 7) is 0.591. The number of hydrogen-bond donors (Lipinski definition) is 2. The van der Waals surface area contributed by atoms with Crippen molar-refractivity contribution >= 4 is 5.97 Å². The lowest BCUT2D eigenvalue weighted by molar-refractivity contribution is 0.0683. The monoisotopic (exact) mass is 154 g/mol. The van der Waals surface area contributed by atoms with E-state index in [2.05, 4.69) is 9.97 Å². The van der Waals surface area contributed by atoms with E-state index in [0.29, 0.717) is 12.5 Å². The summed E-state index contributed by atoms with van der Waals surface area (Å²) in [5.41, 5.74) is 0.780. The Morgan fingerprint density at radius 1 is 1.73 bits per heavy atom. The molecule has 5 nitrogen and oxygen atoms in total. The van der Waals surface area contributed by atoms with Gasteiger partial charge in [0.2, 0.25) is 11.7 Å². The molecule has 0 bridgehead atoms. The highest BCUT2D eigenvalue weighted by molar-refractivity contribution is 5.83. The number of ether oxygens (including phenoxy) is 1. The van der Waals surface area contributed by atoms with Crippen molar-refractivity contribution in [2.75, 3.05) is 6.61 Å². The molecule has 2 rings (SSSR count). The fourth-order valence-electron chi connectivity index (χ4n) is 1.03. The van der Waals surface area contributed by atoms with E-state index < -0.39 is 5.97 Å². The molecule has 0 saturated heterocycles. The maximum absolute atomic E-state index is 10.4. The van der Waals surface area contributed by atoms with Crippen molar-refractivity contribution in [3.8, 4) is 5.88 Å². The quantitative estimate of drug-likeness (QED) is 0.599. The number of aromatic carboxylic acids is 1. The molecular formula is C6H6N2O3. The van der Waals surface area contributed by atoms with E-state index in [-0.39, 0.29) is 5.82 Å². The summed E-state index contributed by atoms with van der Waals surface area (Å²) in [7, 11) is 0. The van der Waals surface area contributed by atoms with E-state index in [9.17, 15) is 4.79 Å². The molecule has 0 atom stereocenters. The Balaban J connectivity index is 2.42. The van der Waals surface area contributed by atoms with Gasteiger partial charge in [0.1, 0.15) is 0 Å². The average Bonchev–Trinajstić information content (AvgIpc) is 2.40. The predicted octanol–water partition coefficient (Wildman–Crippen LogP) is 0.0428. The normalized spacial score (nSPS) is 14.2. The molecule has 0 spiro atoms. The van der Waals surface area contributed by atoms with Gasteiger partial charge in [-0.2, -0.15) is 4.98 Å². The second-order valence-corrected chi connectivity index (χ2v) is 2.27. The zero-order chi connectivity index (χ0) is 7.84.